The van der Waals surface area contributed by atoms with Gasteiger partial charge < -0.3 is 20.5 Å². The van der Waals surface area contributed by atoms with E-state index in [1.807, 2.05) is 0 Å². The molecular formula is C14H28N2O3. The number of rotatable bonds is 9. The summed E-state index contributed by atoms with van der Waals surface area (Å²) < 4.78 is 10.2. The molecule has 112 valence electrons. The largest absolute Gasteiger partial charge is 0.382 e. The fourth-order valence-electron chi connectivity index (χ4n) is 2.66. The molecule has 0 bridgehead atoms. The van der Waals surface area contributed by atoms with Gasteiger partial charge in [-0.05, 0) is 31.7 Å². The SMILES string of the molecule is COCCOCCNC(=O)C1CCCC(CCN)C1. The maximum atomic E-state index is 12.0. The van der Waals surface area contributed by atoms with Gasteiger partial charge in [-0.2, -0.15) is 0 Å². The van der Waals surface area contributed by atoms with Crippen molar-refractivity contribution in [3.05, 3.63) is 0 Å². The highest BCUT2D eigenvalue weighted by molar-refractivity contribution is 5.78. The van der Waals surface area contributed by atoms with E-state index in [-0.39, 0.29) is 11.8 Å². The lowest BCUT2D eigenvalue weighted by molar-refractivity contribution is -0.126. The number of methoxy groups -OCH3 is 1. The number of nitrogens with one attached hydrogen (secondary N) is 1. The van der Waals surface area contributed by atoms with Crippen molar-refractivity contribution in [1.82, 2.24) is 5.32 Å². The average Bonchev–Trinajstić information content (AvgIpc) is 2.43. The Bertz CT molecular complexity index is 247. The van der Waals surface area contributed by atoms with E-state index in [0.717, 1.165) is 32.2 Å². The van der Waals surface area contributed by atoms with Gasteiger partial charge in [-0.1, -0.05) is 12.8 Å². The van der Waals surface area contributed by atoms with E-state index in [2.05, 4.69) is 5.32 Å². The zero-order chi connectivity index (χ0) is 13.9. The summed E-state index contributed by atoms with van der Waals surface area (Å²) in [6.45, 7) is 3.03. The molecule has 0 heterocycles. The summed E-state index contributed by atoms with van der Waals surface area (Å²) in [5, 5.41) is 2.96. The summed E-state index contributed by atoms with van der Waals surface area (Å²) >= 11 is 0. The summed E-state index contributed by atoms with van der Waals surface area (Å²) in [4.78, 5) is 12.0. The van der Waals surface area contributed by atoms with Gasteiger partial charge in [-0.3, -0.25) is 4.79 Å². The Kier molecular flexibility index (Phi) is 8.79. The van der Waals surface area contributed by atoms with Gasteiger partial charge in [0.25, 0.3) is 0 Å². The first-order valence-electron chi connectivity index (χ1n) is 7.32. The number of hydrogen-bond donors (Lipinski definition) is 2. The summed E-state index contributed by atoms with van der Waals surface area (Å²) in [5.41, 5.74) is 5.59. The van der Waals surface area contributed by atoms with Crippen LogP contribution in [0.3, 0.4) is 0 Å². The molecule has 1 saturated carbocycles. The highest BCUT2D eigenvalue weighted by atomic mass is 16.5. The summed E-state index contributed by atoms with van der Waals surface area (Å²) in [6, 6.07) is 0. The minimum absolute atomic E-state index is 0.171. The predicted octanol–water partition coefficient (Wildman–Crippen LogP) is 0.921. The van der Waals surface area contributed by atoms with Crippen molar-refractivity contribution in [3.8, 4) is 0 Å². The van der Waals surface area contributed by atoms with Crippen LogP contribution < -0.4 is 11.1 Å². The quantitative estimate of drug-likeness (QED) is 0.612. The standard InChI is InChI=1S/C14H28N2O3/c1-18-9-10-19-8-7-16-14(17)13-4-2-3-12(11-13)5-6-15/h12-13H,2-11,15H2,1H3,(H,16,17). The van der Waals surface area contributed by atoms with Gasteiger partial charge in [0, 0.05) is 19.6 Å². The number of amides is 1. The number of carbonyl (C=O) groups excluding carboxylic acids is 1. The fourth-order valence-corrected chi connectivity index (χ4v) is 2.66. The average molecular weight is 272 g/mol. The Labute approximate surface area is 116 Å². The van der Waals surface area contributed by atoms with E-state index in [4.69, 9.17) is 15.2 Å². The van der Waals surface area contributed by atoms with Crippen LogP contribution in [0.1, 0.15) is 32.1 Å². The maximum absolute atomic E-state index is 12.0. The molecule has 0 aromatic heterocycles. The van der Waals surface area contributed by atoms with E-state index in [1.54, 1.807) is 7.11 Å². The van der Waals surface area contributed by atoms with Crippen molar-refractivity contribution in [2.75, 3.05) is 40.0 Å². The molecule has 0 radical (unpaired) electrons. The second-order valence-electron chi connectivity index (χ2n) is 5.20. The number of carbonyl (C=O) groups is 1. The van der Waals surface area contributed by atoms with Gasteiger partial charge >= 0.3 is 0 Å². The highest BCUT2D eigenvalue weighted by Gasteiger charge is 2.26. The van der Waals surface area contributed by atoms with E-state index in [9.17, 15) is 4.79 Å². The molecule has 5 heteroatoms. The van der Waals surface area contributed by atoms with Gasteiger partial charge in [-0.15, -0.1) is 0 Å². The summed E-state index contributed by atoms with van der Waals surface area (Å²) in [6.07, 6.45) is 5.42. The van der Waals surface area contributed by atoms with Crippen LogP contribution >= 0.6 is 0 Å². The molecule has 1 amide bonds. The molecule has 19 heavy (non-hydrogen) atoms. The van der Waals surface area contributed by atoms with Crippen molar-refractivity contribution in [1.29, 1.82) is 0 Å². The van der Waals surface area contributed by atoms with Crippen LogP contribution in [-0.2, 0) is 14.3 Å². The van der Waals surface area contributed by atoms with Crippen molar-refractivity contribution in [2.45, 2.75) is 32.1 Å². The molecule has 3 N–H and O–H groups in total. The second-order valence-corrected chi connectivity index (χ2v) is 5.20. The molecule has 1 fully saturated rings. The maximum Gasteiger partial charge on any atom is 0.223 e. The Morgan fingerprint density at radius 1 is 1.32 bits per heavy atom. The molecule has 0 saturated heterocycles. The van der Waals surface area contributed by atoms with E-state index in [0.29, 0.717) is 32.3 Å². The zero-order valence-electron chi connectivity index (χ0n) is 12.0. The number of hydrogen-bond acceptors (Lipinski definition) is 4. The van der Waals surface area contributed by atoms with Crippen LogP contribution in [-0.4, -0.2) is 45.9 Å². The zero-order valence-corrected chi connectivity index (χ0v) is 12.0. The molecule has 0 aromatic carbocycles. The van der Waals surface area contributed by atoms with Crippen molar-refractivity contribution in [3.63, 3.8) is 0 Å². The Morgan fingerprint density at radius 3 is 2.89 bits per heavy atom. The third-order valence-electron chi connectivity index (χ3n) is 3.71. The molecule has 2 unspecified atom stereocenters. The smallest absolute Gasteiger partial charge is 0.223 e. The number of nitrogens with two attached hydrogens (primary N) is 1. The lowest BCUT2D eigenvalue weighted by atomic mass is 9.79. The van der Waals surface area contributed by atoms with Crippen molar-refractivity contribution < 1.29 is 14.3 Å². The van der Waals surface area contributed by atoms with Crippen LogP contribution in [0, 0.1) is 11.8 Å². The van der Waals surface area contributed by atoms with Gasteiger partial charge in [0.2, 0.25) is 5.91 Å². The topological polar surface area (TPSA) is 73.6 Å². The van der Waals surface area contributed by atoms with Gasteiger partial charge in [0.05, 0.1) is 19.8 Å². The molecule has 5 nitrogen and oxygen atoms in total. The van der Waals surface area contributed by atoms with E-state index in [1.165, 1.54) is 6.42 Å². The molecule has 0 aliphatic heterocycles. The van der Waals surface area contributed by atoms with Gasteiger partial charge in [-0.25, -0.2) is 0 Å². The van der Waals surface area contributed by atoms with Crippen LogP contribution in [0.5, 0.6) is 0 Å². The summed E-state index contributed by atoms with van der Waals surface area (Å²) in [5.74, 6) is 0.980. The van der Waals surface area contributed by atoms with Gasteiger partial charge in [0.15, 0.2) is 0 Å². The second kappa shape index (κ2) is 10.2. The Balaban J connectivity index is 2.11. The lowest BCUT2D eigenvalue weighted by Gasteiger charge is -2.28. The minimum Gasteiger partial charge on any atom is -0.382 e. The molecule has 2 atom stereocenters. The molecule has 0 spiro atoms. The van der Waals surface area contributed by atoms with E-state index < -0.39 is 0 Å². The number of ether oxygens (including phenoxy) is 2. The molecule has 1 aliphatic rings. The third-order valence-corrected chi connectivity index (χ3v) is 3.71. The van der Waals surface area contributed by atoms with E-state index >= 15 is 0 Å². The first-order valence-corrected chi connectivity index (χ1v) is 7.32. The lowest BCUT2D eigenvalue weighted by Crippen LogP contribution is -2.36. The molecular weight excluding hydrogens is 244 g/mol. The van der Waals surface area contributed by atoms with Crippen LogP contribution in [0.15, 0.2) is 0 Å². The van der Waals surface area contributed by atoms with Crippen LogP contribution in [0.2, 0.25) is 0 Å². The summed E-state index contributed by atoms with van der Waals surface area (Å²) in [7, 11) is 1.64. The van der Waals surface area contributed by atoms with Crippen LogP contribution in [0.25, 0.3) is 0 Å². The fraction of sp³-hybridized carbons (Fsp3) is 0.929. The Morgan fingerprint density at radius 2 is 2.16 bits per heavy atom. The minimum atomic E-state index is 0.171. The normalized spacial score (nSPS) is 23.3. The Hall–Kier alpha value is -0.650. The highest BCUT2D eigenvalue weighted by Crippen LogP contribution is 2.30. The van der Waals surface area contributed by atoms with Crippen molar-refractivity contribution in [2.24, 2.45) is 17.6 Å². The van der Waals surface area contributed by atoms with Crippen molar-refractivity contribution >= 4 is 5.91 Å². The first-order chi connectivity index (χ1) is 9.27. The molecule has 1 aliphatic carbocycles. The molecule has 1 rings (SSSR count). The van der Waals surface area contributed by atoms with Gasteiger partial charge in [0.1, 0.15) is 0 Å². The molecule has 0 aromatic rings. The predicted molar refractivity (Wildman–Crippen MR) is 74.8 cm³/mol. The third kappa shape index (κ3) is 6.89. The monoisotopic (exact) mass is 272 g/mol. The first kappa shape index (κ1) is 16.4. The van der Waals surface area contributed by atoms with Crippen LogP contribution in [0.4, 0.5) is 0 Å².